The summed E-state index contributed by atoms with van der Waals surface area (Å²) < 4.78 is 0. The zero-order chi connectivity index (χ0) is 13.0. The van der Waals surface area contributed by atoms with Crippen LogP contribution in [0.5, 0.6) is 0 Å². The third-order valence-corrected chi connectivity index (χ3v) is 3.18. The fourth-order valence-electron chi connectivity index (χ4n) is 1.24. The van der Waals surface area contributed by atoms with Crippen LogP contribution in [0.2, 0.25) is 0 Å². The summed E-state index contributed by atoms with van der Waals surface area (Å²) >= 11 is 1.71. The molecule has 1 rings (SSSR count). The molecule has 1 unspecified atom stereocenters. The Morgan fingerprint density at radius 3 is 2.82 bits per heavy atom. The summed E-state index contributed by atoms with van der Waals surface area (Å²) in [4.78, 5) is 19.7. The first-order valence-corrected chi connectivity index (χ1v) is 6.35. The molecule has 94 valence electrons. The molecule has 0 saturated carbocycles. The zero-order valence-corrected chi connectivity index (χ0v) is 10.8. The molecule has 1 aromatic rings. The van der Waals surface area contributed by atoms with Crippen molar-refractivity contribution >= 4 is 29.2 Å². The van der Waals surface area contributed by atoms with Gasteiger partial charge >= 0.3 is 5.69 Å². The van der Waals surface area contributed by atoms with Gasteiger partial charge in [0, 0.05) is 18.8 Å². The van der Waals surface area contributed by atoms with Crippen LogP contribution in [0.4, 0.5) is 17.5 Å². The van der Waals surface area contributed by atoms with E-state index in [-0.39, 0.29) is 17.5 Å². The predicted octanol–water partition coefficient (Wildman–Crippen LogP) is 1.15. The number of nitro groups is 1. The third kappa shape index (κ3) is 3.19. The maximum atomic E-state index is 10.6. The summed E-state index contributed by atoms with van der Waals surface area (Å²) in [5.41, 5.74) is 5.25. The molecule has 0 fully saturated rings. The molecule has 2 N–H and O–H groups in total. The molecule has 7 nitrogen and oxygen atoms in total. The van der Waals surface area contributed by atoms with E-state index in [9.17, 15) is 10.1 Å². The van der Waals surface area contributed by atoms with Gasteiger partial charge in [-0.1, -0.05) is 0 Å². The second-order valence-corrected chi connectivity index (χ2v) is 4.52. The van der Waals surface area contributed by atoms with Crippen LogP contribution in [0.3, 0.4) is 0 Å². The van der Waals surface area contributed by atoms with Gasteiger partial charge in [-0.3, -0.25) is 10.1 Å². The van der Waals surface area contributed by atoms with Crippen LogP contribution in [0.1, 0.15) is 6.92 Å². The average molecular weight is 257 g/mol. The average Bonchev–Trinajstić information content (AvgIpc) is 2.27. The van der Waals surface area contributed by atoms with Gasteiger partial charge in [0.25, 0.3) is 0 Å². The van der Waals surface area contributed by atoms with E-state index in [0.29, 0.717) is 5.95 Å². The Hall–Kier alpha value is -1.57. The third-order valence-electron chi connectivity index (χ3n) is 2.37. The van der Waals surface area contributed by atoms with E-state index >= 15 is 0 Å². The van der Waals surface area contributed by atoms with Crippen molar-refractivity contribution in [1.82, 2.24) is 9.97 Å². The van der Waals surface area contributed by atoms with Crippen molar-refractivity contribution in [2.45, 2.75) is 13.0 Å². The van der Waals surface area contributed by atoms with Crippen molar-refractivity contribution in [2.24, 2.45) is 0 Å². The molecule has 0 spiro atoms. The molecule has 1 heterocycles. The lowest BCUT2D eigenvalue weighted by atomic mass is 10.3. The zero-order valence-electron chi connectivity index (χ0n) is 9.95. The second kappa shape index (κ2) is 5.67. The standard InChI is InChI=1S/C9H15N5O2S/c1-6(5-17-3)13(2)9-11-4-7(14(15)16)8(10)12-9/h4,6H,5H2,1-3H3,(H2,10,11,12). The second-order valence-electron chi connectivity index (χ2n) is 3.61. The van der Waals surface area contributed by atoms with Gasteiger partial charge in [0.2, 0.25) is 11.8 Å². The minimum absolute atomic E-state index is 0.108. The van der Waals surface area contributed by atoms with E-state index < -0.39 is 4.92 Å². The van der Waals surface area contributed by atoms with Gasteiger partial charge in [0.1, 0.15) is 6.20 Å². The first kappa shape index (κ1) is 13.5. The number of hydrogen-bond acceptors (Lipinski definition) is 7. The quantitative estimate of drug-likeness (QED) is 0.624. The monoisotopic (exact) mass is 257 g/mol. The molecule has 17 heavy (non-hydrogen) atoms. The molecule has 0 bridgehead atoms. The van der Waals surface area contributed by atoms with Crippen LogP contribution < -0.4 is 10.6 Å². The Kier molecular flexibility index (Phi) is 4.50. The Labute approximate surface area is 104 Å². The predicted molar refractivity (Wildman–Crippen MR) is 69.3 cm³/mol. The summed E-state index contributed by atoms with van der Waals surface area (Å²) in [5, 5.41) is 10.6. The van der Waals surface area contributed by atoms with Crippen LogP contribution in [0.25, 0.3) is 0 Å². The number of nitrogen functional groups attached to an aromatic ring is 1. The van der Waals surface area contributed by atoms with Gasteiger partial charge in [0.15, 0.2) is 0 Å². The molecule has 0 radical (unpaired) electrons. The molecule has 0 aliphatic carbocycles. The molecule has 0 aromatic carbocycles. The fraction of sp³-hybridized carbons (Fsp3) is 0.556. The largest absolute Gasteiger partial charge is 0.378 e. The van der Waals surface area contributed by atoms with Crippen LogP contribution in [0, 0.1) is 10.1 Å². The number of aromatic nitrogens is 2. The molecule has 0 aliphatic heterocycles. The molecule has 1 aromatic heterocycles. The Bertz CT molecular complexity index is 414. The lowest BCUT2D eigenvalue weighted by molar-refractivity contribution is -0.384. The normalized spacial score (nSPS) is 12.2. The van der Waals surface area contributed by atoms with Crippen LogP contribution in [-0.4, -0.2) is 40.0 Å². The molecule has 0 amide bonds. The number of nitrogens with zero attached hydrogens (tertiary/aromatic N) is 4. The smallest absolute Gasteiger partial charge is 0.329 e. The lowest BCUT2D eigenvalue weighted by Crippen LogP contribution is -2.32. The lowest BCUT2D eigenvalue weighted by Gasteiger charge is -2.24. The van der Waals surface area contributed by atoms with Gasteiger partial charge in [-0.25, -0.2) is 4.98 Å². The minimum Gasteiger partial charge on any atom is -0.378 e. The molecule has 0 saturated heterocycles. The van der Waals surface area contributed by atoms with E-state index in [0.717, 1.165) is 11.9 Å². The van der Waals surface area contributed by atoms with E-state index in [2.05, 4.69) is 9.97 Å². The van der Waals surface area contributed by atoms with Crippen LogP contribution >= 0.6 is 11.8 Å². The number of thioether (sulfide) groups is 1. The molecule has 1 atom stereocenters. The summed E-state index contributed by atoms with van der Waals surface area (Å²) in [7, 11) is 1.83. The molecular formula is C9H15N5O2S. The van der Waals surface area contributed by atoms with Crippen molar-refractivity contribution in [3.05, 3.63) is 16.3 Å². The molecule has 0 aliphatic rings. The highest BCUT2D eigenvalue weighted by Gasteiger charge is 2.18. The maximum absolute atomic E-state index is 10.6. The summed E-state index contributed by atoms with van der Waals surface area (Å²) in [5.74, 6) is 1.20. The number of hydrogen-bond donors (Lipinski definition) is 1. The highest BCUT2D eigenvalue weighted by atomic mass is 32.2. The Morgan fingerprint density at radius 1 is 1.71 bits per heavy atom. The fourth-order valence-corrected chi connectivity index (χ4v) is 1.95. The first-order chi connectivity index (χ1) is 7.97. The van der Waals surface area contributed by atoms with Crippen LogP contribution in [-0.2, 0) is 0 Å². The van der Waals surface area contributed by atoms with Gasteiger partial charge in [-0.05, 0) is 13.2 Å². The highest BCUT2D eigenvalue weighted by Crippen LogP contribution is 2.20. The van der Waals surface area contributed by atoms with E-state index in [4.69, 9.17) is 5.73 Å². The molecule has 8 heteroatoms. The number of anilines is 2. The Morgan fingerprint density at radius 2 is 2.35 bits per heavy atom. The van der Waals surface area contributed by atoms with Crippen molar-refractivity contribution in [3.63, 3.8) is 0 Å². The maximum Gasteiger partial charge on any atom is 0.329 e. The number of rotatable bonds is 5. The summed E-state index contributed by atoms with van der Waals surface area (Å²) in [6.45, 7) is 2.03. The number of nitrogens with two attached hydrogens (primary N) is 1. The SMILES string of the molecule is CSCC(C)N(C)c1ncc([N+](=O)[O-])c(N)n1. The van der Waals surface area contributed by atoms with Crippen molar-refractivity contribution in [1.29, 1.82) is 0 Å². The van der Waals surface area contributed by atoms with Crippen LogP contribution in [0.15, 0.2) is 6.20 Å². The summed E-state index contributed by atoms with van der Waals surface area (Å²) in [6.07, 6.45) is 3.15. The van der Waals surface area contributed by atoms with E-state index in [1.54, 1.807) is 11.8 Å². The minimum atomic E-state index is -0.593. The van der Waals surface area contributed by atoms with Gasteiger partial charge in [0.05, 0.1) is 4.92 Å². The van der Waals surface area contributed by atoms with Crippen molar-refractivity contribution in [3.8, 4) is 0 Å². The Balaban J connectivity index is 2.93. The van der Waals surface area contributed by atoms with Gasteiger partial charge in [-0.2, -0.15) is 16.7 Å². The van der Waals surface area contributed by atoms with E-state index in [1.165, 1.54) is 0 Å². The van der Waals surface area contributed by atoms with Crippen molar-refractivity contribution in [2.75, 3.05) is 29.7 Å². The first-order valence-electron chi connectivity index (χ1n) is 4.96. The van der Waals surface area contributed by atoms with E-state index in [1.807, 2.05) is 25.1 Å². The van der Waals surface area contributed by atoms with Crippen molar-refractivity contribution < 1.29 is 4.92 Å². The van der Waals surface area contributed by atoms with Gasteiger partial charge < -0.3 is 10.6 Å². The molecular weight excluding hydrogens is 242 g/mol. The topological polar surface area (TPSA) is 98.2 Å². The van der Waals surface area contributed by atoms with Gasteiger partial charge in [-0.15, -0.1) is 0 Å². The highest BCUT2D eigenvalue weighted by molar-refractivity contribution is 7.98. The summed E-state index contributed by atoms with van der Waals surface area (Å²) in [6, 6.07) is 0.228.